The van der Waals surface area contributed by atoms with Crippen molar-refractivity contribution in [3.8, 4) is 0 Å². The fraction of sp³-hybridized carbons (Fsp3) is 0.783. The van der Waals surface area contributed by atoms with Crippen molar-refractivity contribution in [3.63, 3.8) is 0 Å². The number of carbonyl (C=O) groups is 2. The highest BCUT2D eigenvalue weighted by molar-refractivity contribution is 5.80. The van der Waals surface area contributed by atoms with Gasteiger partial charge in [0, 0.05) is 44.1 Å². The van der Waals surface area contributed by atoms with E-state index in [1.165, 1.54) is 12.8 Å². The molecule has 1 aromatic heterocycles. The minimum absolute atomic E-state index is 0.0924. The number of ether oxygens (including phenoxy) is 2. The highest BCUT2D eigenvalue weighted by Gasteiger charge is 2.52. The van der Waals surface area contributed by atoms with Crippen molar-refractivity contribution in [3.05, 3.63) is 18.5 Å². The second-order valence-electron chi connectivity index (χ2n) is 9.91. The Morgan fingerprint density at radius 1 is 1.19 bits per heavy atom. The molecule has 9 heteroatoms. The predicted molar refractivity (Wildman–Crippen MR) is 115 cm³/mol. The zero-order valence-electron chi connectivity index (χ0n) is 18.6. The van der Waals surface area contributed by atoms with Gasteiger partial charge >= 0.3 is 0 Å². The molecular formula is C23H34N4O5. The van der Waals surface area contributed by atoms with Crippen LogP contribution in [-0.2, 0) is 25.6 Å². The summed E-state index contributed by atoms with van der Waals surface area (Å²) in [5, 5.41) is 11.2. The second-order valence-corrected chi connectivity index (χ2v) is 9.91. The quantitative estimate of drug-likeness (QED) is 0.698. The number of carboxylic acid groups (broad SMARTS) is 1. The van der Waals surface area contributed by atoms with Crippen molar-refractivity contribution >= 4 is 12.4 Å². The Morgan fingerprint density at radius 3 is 2.59 bits per heavy atom. The summed E-state index contributed by atoms with van der Waals surface area (Å²) in [6, 6.07) is 3.14. The van der Waals surface area contributed by atoms with Gasteiger partial charge in [0.05, 0.1) is 36.9 Å². The number of hydrogen-bond acceptors (Lipinski definition) is 6. The van der Waals surface area contributed by atoms with E-state index in [0.717, 1.165) is 58.3 Å². The molecule has 176 valence electrons. The van der Waals surface area contributed by atoms with Gasteiger partial charge in [-0.25, -0.2) is 0 Å². The lowest BCUT2D eigenvalue weighted by Crippen LogP contribution is -2.61. The monoisotopic (exact) mass is 446 g/mol. The fourth-order valence-electron chi connectivity index (χ4n) is 6.82. The molecule has 4 bridgehead atoms. The summed E-state index contributed by atoms with van der Waals surface area (Å²) in [4.78, 5) is 26.4. The number of fused-ring (bicyclic) bond motifs is 4. The third-order valence-corrected chi connectivity index (χ3v) is 8.12. The molecule has 5 saturated heterocycles. The topological polar surface area (TPSA) is 97.1 Å². The number of hydrogen-bond donors (Lipinski definition) is 1. The highest BCUT2D eigenvalue weighted by atomic mass is 16.5. The minimum Gasteiger partial charge on any atom is -0.483 e. The molecule has 1 N–H and O–H groups in total. The van der Waals surface area contributed by atoms with Crippen molar-refractivity contribution in [2.24, 2.45) is 5.92 Å². The van der Waals surface area contributed by atoms with E-state index in [1.54, 1.807) is 0 Å². The summed E-state index contributed by atoms with van der Waals surface area (Å²) < 4.78 is 14.4. The van der Waals surface area contributed by atoms with E-state index >= 15 is 0 Å². The van der Waals surface area contributed by atoms with Crippen molar-refractivity contribution in [1.82, 2.24) is 19.6 Å². The second kappa shape index (κ2) is 9.11. The lowest BCUT2D eigenvalue weighted by molar-refractivity contribution is -0.170. The molecule has 0 aliphatic carbocycles. The first kappa shape index (κ1) is 21.9. The number of nitrogens with zero attached hydrogens (tertiary/aromatic N) is 4. The Balaban J connectivity index is 0.000000684. The van der Waals surface area contributed by atoms with Crippen molar-refractivity contribution in [1.29, 1.82) is 0 Å². The first-order chi connectivity index (χ1) is 15.6. The van der Waals surface area contributed by atoms with E-state index < -0.39 is 0 Å². The Bertz CT molecular complexity index is 788. The molecule has 1 unspecified atom stereocenters. The van der Waals surface area contributed by atoms with Crippen molar-refractivity contribution < 1.29 is 24.2 Å². The molecule has 6 heterocycles. The van der Waals surface area contributed by atoms with Gasteiger partial charge in [0.2, 0.25) is 5.91 Å². The zero-order valence-corrected chi connectivity index (χ0v) is 18.6. The van der Waals surface area contributed by atoms with E-state index in [2.05, 4.69) is 14.9 Å². The molecule has 0 saturated carbocycles. The summed E-state index contributed by atoms with van der Waals surface area (Å²) in [5.74, 6) is 0.420. The van der Waals surface area contributed by atoms with E-state index in [4.69, 9.17) is 19.4 Å². The third-order valence-electron chi connectivity index (χ3n) is 8.12. The van der Waals surface area contributed by atoms with Gasteiger partial charge in [0.25, 0.3) is 6.47 Å². The number of carbonyl (C=O) groups excluding carboxylic acids is 1. The molecule has 32 heavy (non-hydrogen) atoms. The standard InChI is InChI=1S/C22H32N4O3.CH2O2/c27-21(19-12-18-4-5-20(19)29-18)24-10-11-28-22(15-24)13-16-2-3-17(14-22)26(16)9-8-25-7-1-6-23-25;2-1-3/h1,6-7,16-20H,2-5,8-15H2;1H,(H,2,3)/t16-,17+,18-,19-,20+,22?;/m0./s1. The van der Waals surface area contributed by atoms with Gasteiger partial charge < -0.3 is 19.5 Å². The molecule has 5 aliphatic rings. The number of amides is 1. The van der Waals surface area contributed by atoms with Crippen LogP contribution >= 0.6 is 0 Å². The smallest absolute Gasteiger partial charge is 0.290 e. The molecule has 1 aromatic rings. The lowest BCUT2D eigenvalue weighted by Gasteiger charge is -2.51. The van der Waals surface area contributed by atoms with Crippen LogP contribution in [-0.4, -0.2) is 93.2 Å². The Labute approximate surface area is 188 Å². The minimum atomic E-state index is -0.250. The van der Waals surface area contributed by atoms with Gasteiger partial charge in [0.1, 0.15) is 0 Å². The van der Waals surface area contributed by atoms with Gasteiger partial charge in [0.15, 0.2) is 0 Å². The molecule has 1 spiro atoms. The normalized spacial score (nSPS) is 38.0. The lowest BCUT2D eigenvalue weighted by atomic mass is 9.83. The molecule has 6 rings (SSSR count). The SMILES string of the molecule is O=C([C@H]1C[C@@H]2CC[C@H]1O2)N1CCOC2(C[C@H]3CC[C@@H](C2)N3CCn2cccn2)C1.O=CO. The molecule has 5 aliphatic heterocycles. The van der Waals surface area contributed by atoms with Crippen LogP contribution in [0.15, 0.2) is 18.5 Å². The number of piperidine rings is 1. The summed E-state index contributed by atoms with van der Waals surface area (Å²) in [6.07, 6.45) is 12.1. The Morgan fingerprint density at radius 2 is 1.97 bits per heavy atom. The van der Waals surface area contributed by atoms with E-state index in [0.29, 0.717) is 30.7 Å². The average Bonchev–Trinajstić information content (AvgIpc) is 3.58. The van der Waals surface area contributed by atoms with E-state index in [1.807, 2.05) is 23.1 Å². The van der Waals surface area contributed by atoms with Crippen LogP contribution in [0.4, 0.5) is 0 Å². The summed E-state index contributed by atoms with van der Waals surface area (Å²) >= 11 is 0. The fourth-order valence-corrected chi connectivity index (χ4v) is 6.82. The van der Waals surface area contributed by atoms with Gasteiger partial charge in [-0.05, 0) is 51.0 Å². The van der Waals surface area contributed by atoms with Crippen molar-refractivity contribution in [2.45, 2.75) is 81.4 Å². The third kappa shape index (κ3) is 4.18. The maximum atomic E-state index is 13.3. The molecule has 1 amide bonds. The van der Waals surface area contributed by atoms with Gasteiger partial charge in [-0.1, -0.05) is 0 Å². The summed E-state index contributed by atoms with van der Waals surface area (Å²) in [7, 11) is 0. The summed E-state index contributed by atoms with van der Waals surface area (Å²) in [5.41, 5.74) is -0.138. The molecule has 5 fully saturated rings. The highest BCUT2D eigenvalue weighted by Crippen LogP contribution is 2.45. The van der Waals surface area contributed by atoms with Gasteiger partial charge in [-0.2, -0.15) is 5.10 Å². The average molecular weight is 447 g/mol. The van der Waals surface area contributed by atoms with Crippen LogP contribution < -0.4 is 0 Å². The summed E-state index contributed by atoms with van der Waals surface area (Å²) in [6.45, 7) is 3.95. The van der Waals surface area contributed by atoms with Crippen LogP contribution in [0.3, 0.4) is 0 Å². The largest absolute Gasteiger partial charge is 0.483 e. The molecular weight excluding hydrogens is 412 g/mol. The van der Waals surface area contributed by atoms with Crippen LogP contribution in [0, 0.1) is 5.92 Å². The zero-order chi connectivity index (χ0) is 22.1. The number of aromatic nitrogens is 2. The molecule has 6 atom stereocenters. The predicted octanol–water partition coefficient (Wildman–Crippen LogP) is 1.38. The molecule has 9 nitrogen and oxygen atoms in total. The van der Waals surface area contributed by atoms with Crippen LogP contribution in [0.25, 0.3) is 0 Å². The van der Waals surface area contributed by atoms with Gasteiger partial charge in [-0.3, -0.25) is 19.2 Å². The van der Waals surface area contributed by atoms with E-state index in [9.17, 15) is 4.79 Å². The van der Waals surface area contributed by atoms with Gasteiger partial charge in [-0.15, -0.1) is 0 Å². The Kier molecular flexibility index (Phi) is 6.22. The van der Waals surface area contributed by atoms with Crippen LogP contribution in [0.5, 0.6) is 0 Å². The first-order valence-corrected chi connectivity index (χ1v) is 12.0. The maximum absolute atomic E-state index is 13.3. The Hall–Kier alpha value is -1.97. The van der Waals surface area contributed by atoms with Crippen LogP contribution in [0.1, 0.15) is 44.9 Å². The molecule has 0 radical (unpaired) electrons. The van der Waals surface area contributed by atoms with Crippen LogP contribution in [0.2, 0.25) is 0 Å². The maximum Gasteiger partial charge on any atom is 0.290 e. The molecule has 0 aromatic carbocycles. The number of morpholine rings is 1. The number of rotatable bonds is 4. The first-order valence-electron chi connectivity index (χ1n) is 12.0. The van der Waals surface area contributed by atoms with Crippen molar-refractivity contribution in [2.75, 3.05) is 26.2 Å². The van der Waals surface area contributed by atoms with E-state index in [-0.39, 0.29) is 24.1 Å².